The summed E-state index contributed by atoms with van der Waals surface area (Å²) < 4.78 is 13.0. The molecule has 1 aliphatic carbocycles. The van der Waals surface area contributed by atoms with Gasteiger partial charge in [-0.1, -0.05) is 20.8 Å². The van der Waals surface area contributed by atoms with E-state index in [1.165, 1.54) is 0 Å². The molecule has 0 radical (unpaired) electrons. The first-order valence-corrected chi connectivity index (χ1v) is 4.81. The lowest BCUT2D eigenvalue weighted by Crippen LogP contribution is -2.41. The maximum atomic E-state index is 13.0. The SMILES string of the molecule is CC(C)(C)C1CCC(F)C(N)C1. The molecule has 0 spiro atoms. The molecule has 72 valence electrons. The van der Waals surface area contributed by atoms with Crippen molar-refractivity contribution in [3.05, 3.63) is 0 Å². The van der Waals surface area contributed by atoms with Gasteiger partial charge >= 0.3 is 0 Å². The zero-order chi connectivity index (χ0) is 9.35. The van der Waals surface area contributed by atoms with Crippen LogP contribution in [0.5, 0.6) is 0 Å². The number of rotatable bonds is 0. The van der Waals surface area contributed by atoms with Crippen molar-refractivity contribution in [2.75, 3.05) is 0 Å². The molecule has 2 N–H and O–H groups in total. The first kappa shape index (κ1) is 9.97. The molecule has 0 aromatic rings. The summed E-state index contributed by atoms with van der Waals surface area (Å²) in [6.45, 7) is 6.63. The molecule has 0 aromatic carbocycles. The molecule has 1 rings (SSSR count). The van der Waals surface area contributed by atoms with Crippen molar-refractivity contribution in [3.8, 4) is 0 Å². The highest BCUT2D eigenvalue weighted by molar-refractivity contribution is 4.87. The van der Waals surface area contributed by atoms with Crippen molar-refractivity contribution in [1.29, 1.82) is 0 Å². The van der Waals surface area contributed by atoms with Crippen LogP contribution in [0.3, 0.4) is 0 Å². The second kappa shape index (κ2) is 3.33. The van der Waals surface area contributed by atoms with Gasteiger partial charge in [-0.05, 0) is 30.6 Å². The lowest BCUT2D eigenvalue weighted by molar-refractivity contribution is 0.108. The van der Waals surface area contributed by atoms with E-state index in [0.29, 0.717) is 12.3 Å². The van der Waals surface area contributed by atoms with Gasteiger partial charge in [0, 0.05) is 6.04 Å². The topological polar surface area (TPSA) is 26.0 Å². The molecule has 1 fully saturated rings. The predicted octanol–water partition coefficient (Wildman–Crippen LogP) is 2.50. The molecule has 0 aliphatic heterocycles. The number of hydrogen-bond acceptors (Lipinski definition) is 1. The van der Waals surface area contributed by atoms with Gasteiger partial charge in [0.05, 0.1) is 0 Å². The van der Waals surface area contributed by atoms with Crippen molar-refractivity contribution < 1.29 is 4.39 Å². The van der Waals surface area contributed by atoms with Crippen LogP contribution in [0.2, 0.25) is 0 Å². The summed E-state index contributed by atoms with van der Waals surface area (Å²) in [6.07, 6.45) is 1.75. The summed E-state index contributed by atoms with van der Waals surface area (Å²) in [7, 11) is 0. The Morgan fingerprint density at radius 2 is 1.83 bits per heavy atom. The van der Waals surface area contributed by atoms with Crippen LogP contribution in [0.15, 0.2) is 0 Å². The summed E-state index contributed by atoms with van der Waals surface area (Å²) in [5, 5.41) is 0. The van der Waals surface area contributed by atoms with Crippen LogP contribution in [-0.2, 0) is 0 Å². The zero-order valence-corrected chi connectivity index (χ0v) is 8.31. The van der Waals surface area contributed by atoms with E-state index in [0.717, 1.165) is 12.8 Å². The average Bonchev–Trinajstić information content (AvgIpc) is 1.92. The third-order valence-electron chi connectivity index (χ3n) is 3.04. The van der Waals surface area contributed by atoms with Crippen molar-refractivity contribution in [1.82, 2.24) is 0 Å². The van der Waals surface area contributed by atoms with Crippen molar-refractivity contribution in [3.63, 3.8) is 0 Å². The first-order valence-electron chi connectivity index (χ1n) is 4.81. The van der Waals surface area contributed by atoms with E-state index in [4.69, 9.17) is 5.73 Å². The Hall–Kier alpha value is -0.110. The predicted molar refractivity (Wildman–Crippen MR) is 49.7 cm³/mol. The fourth-order valence-corrected chi connectivity index (χ4v) is 1.96. The third-order valence-corrected chi connectivity index (χ3v) is 3.04. The monoisotopic (exact) mass is 173 g/mol. The fourth-order valence-electron chi connectivity index (χ4n) is 1.96. The molecule has 0 amide bonds. The van der Waals surface area contributed by atoms with Gasteiger partial charge in [0.15, 0.2) is 0 Å². The van der Waals surface area contributed by atoms with Gasteiger partial charge in [0.2, 0.25) is 0 Å². The molecule has 0 saturated heterocycles. The highest BCUT2D eigenvalue weighted by atomic mass is 19.1. The summed E-state index contributed by atoms with van der Waals surface area (Å²) in [4.78, 5) is 0. The molecule has 1 nitrogen and oxygen atoms in total. The Labute approximate surface area is 74.5 Å². The van der Waals surface area contributed by atoms with Gasteiger partial charge < -0.3 is 5.73 Å². The van der Waals surface area contributed by atoms with Crippen LogP contribution < -0.4 is 5.73 Å². The number of halogens is 1. The van der Waals surface area contributed by atoms with Crippen molar-refractivity contribution >= 4 is 0 Å². The second-order valence-electron chi connectivity index (χ2n) is 5.06. The van der Waals surface area contributed by atoms with E-state index >= 15 is 0 Å². The zero-order valence-electron chi connectivity index (χ0n) is 8.31. The lowest BCUT2D eigenvalue weighted by atomic mass is 9.71. The van der Waals surface area contributed by atoms with Crippen LogP contribution in [0.25, 0.3) is 0 Å². The largest absolute Gasteiger partial charge is 0.325 e. The van der Waals surface area contributed by atoms with Crippen molar-refractivity contribution in [2.24, 2.45) is 17.1 Å². The van der Waals surface area contributed by atoms with Gasteiger partial charge in [-0.3, -0.25) is 0 Å². The van der Waals surface area contributed by atoms with E-state index in [9.17, 15) is 4.39 Å². The molecule has 2 heteroatoms. The van der Waals surface area contributed by atoms with E-state index in [1.807, 2.05) is 0 Å². The van der Waals surface area contributed by atoms with E-state index in [-0.39, 0.29) is 11.5 Å². The molecule has 3 atom stereocenters. The third kappa shape index (κ3) is 2.19. The highest BCUT2D eigenvalue weighted by Gasteiger charge is 2.33. The Morgan fingerprint density at radius 1 is 1.25 bits per heavy atom. The molecule has 12 heavy (non-hydrogen) atoms. The Kier molecular flexibility index (Phi) is 2.77. The Morgan fingerprint density at radius 3 is 2.25 bits per heavy atom. The minimum atomic E-state index is -0.761. The summed E-state index contributed by atoms with van der Waals surface area (Å²) >= 11 is 0. The second-order valence-corrected chi connectivity index (χ2v) is 5.06. The van der Waals surface area contributed by atoms with Gasteiger partial charge in [0.1, 0.15) is 6.17 Å². The standard InChI is InChI=1S/C10H20FN/c1-10(2,3)7-4-5-8(11)9(12)6-7/h7-9H,4-6,12H2,1-3H3. The number of hydrogen-bond donors (Lipinski definition) is 1. The Balaban J connectivity index is 2.51. The first-order chi connectivity index (χ1) is 5.41. The van der Waals surface area contributed by atoms with Crippen LogP contribution in [0.4, 0.5) is 4.39 Å². The van der Waals surface area contributed by atoms with Gasteiger partial charge in [-0.25, -0.2) is 4.39 Å². The van der Waals surface area contributed by atoms with E-state index in [2.05, 4.69) is 20.8 Å². The molecule has 0 aromatic heterocycles. The maximum absolute atomic E-state index is 13.0. The Bertz CT molecular complexity index is 150. The van der Waals surface area contributed by atoms with Crippen molar-refractivity contribution in [2.45, 2.75) is 52.2 Å². The molecule has 0 heterocycles. The number of nitrogens with two attached hydrogens (primary N) is 1. The summed E-state index contributed by atoms with van der Waals surface area (Å²) in [5.41, 5.74) is 5.98. The van der Waals surface area contributed by atoms with Crippen LogP contribution in [-0.4, -0.2) is 12.2 Å². The van der Waals surface area contributed by atoms with Gasteiger partial charge in [-0.2, -0.15) is 0 Å². The molecule has 1 aliphatic rings. The molecular formula is C10H20FN. The number of alkyl halides is 1. The smallest absolute Gasteiger partial charge is 0.115 e. The van der Waals surface area contributed by atoms with Crippen LogP contribution in [0, 0.1) is 11.3 Å². The highest BCUT2D eigenvalue weighted by Crippen LogP contribution is 2.37. The molecule has 3 unspecified atom stereocenters. The maximum Gasteiger partial charge on any atom is 0.115 e. The average molecular weight is 173 g/mol. The van der Waals surface area contributed by atoms with Gasteiger partial charge in [0.25, 0.3) is 0 Å². The van der Waals surface area contributed by atoms with Crippen LogP contribution >= 0.6 is 0 Å². The fraction of sp³-hybridized carbons (Fsp3) is 1.00. The summed E-state index contributed by atoms with van der Waals surface area (Å²) in [5.74, 6) is 0.597. The van der Waals surface area contributed by atoms with E-state index < -0.39 is 6.17 Å². The minimum Gasteiger partial charge on any atom is -0.325 e. The minimum absolute atomic E-state index is 0.219. The quantitative estimate of drug-likeness (QED) is 0.598. The summed E-state index contributed by atoms with van der Waals surface area (Å²) in [6, 6.07) is -0.219. The molecular weight excluding hydrogens is 153 g/mol. The molecule has 1 saturated carbocycles. The van der Waals surface area contributed by atoms with E-state index in [1.54, 1.807) is 0 Å². The molecule has 0 bridgehead atoms. The van der Waals surface area contributed by atoms with Crippen LogP contribution in [0.1, 0.15) is 40.0 Å². The normalized spacial score (nSPS) is 38.2. The van der Waals surface area contributed by atoms with Gasteiger partial charge in [-0.15, -0.1) is 0 Å². The lowest BCUT2D eigenvalue weighted by Gasteiger charge is -2.37.